The Morgan fingerprint density at radius 3 is 2.83 bits per heavy atom. The van der Waals surface area contributed by atoms with E-state index < -0.39 is 10.0 Å². The minimum absolute atomic E-state index is 0.177. The van der Waals surface area contributed by atoms with E-state index in [2.05, 4.69) is 5.32 Å². The number of hydrogen-bond donors (Lipinski definition) is 1. The summed E-state index contributed by atoms with van der Waals surface area (Å²) in [7, 11) is -3.51. The van der Waals surface area contributed by atoms with Gasteiger partial charge in [-0.15, -0.1) is 11.3 Å². The quantitative estimate of drug-likeness (QED) is 0.878. The lowest BCUT2D eigenvalue weighted by molar-refractivity contribution is -0.120. The van der Waals surface area contributed by atoms with E-state index in [1.54, 1.807) is 41.8 Å². The zero-order chi connectivity index (χ0) is 17.2. The number of thiophene rings is 1. The number of hydrogen-bond acceptors (Lipinski definition) is 4. The number of amides is 1. The third-order valence-electron chi connectivity index (χ3n) is 3.94. The second-order valence-corrected chi connectivity index (χ2v) is 9.18. The number of piperidine rings is 1. The Balaban J connectivity index is 1.70. The van der Waals surface area contributed by atoms with Gasteiger partial charge < -0.3 is 5.32 Å². The maximum atomic E-state index is 12.6. The maximum absolute atomic E-state index is 12.6. The number of halogens is 1. The average molecular weight is 385 g/mol. The SMILES string of the molecule is O=C(Nc1cccc(Cl)c1)[C@H]1CCCN(S(=O)(=O)c2cccs2)C1. The fourth-order valence-corrected chi connectivity index (χ4v) is 5.58. The van der Waals surface area contributed by atoms with Crippen molar-refractivity contribution in [1.82, 2.24) is 4.31 Å². The summed E-state index contributed by atoms with van der Waals surface area (Å²) in [5.74, 6) is -0.546. The van der Waals surface area contributed by atoms with E-state index >= 15 is 0 Å². The molecule has 1 aliphatic rings. The van der Waals surface area contributed by atoms with Gasteiger partial charge in [0.1, 0.15) is 4.21 Å². The highest BCUT2D eigenvalue weighted by atomic mass is 35.5. The molecule has 2 heterocycles. The summed E-state index contributed by atoms with van der Waals surface area (Å²) in [6.07, 6.45) is 1.33. The molecule has 0 aliphatic carbocycles. The number of nitrogens with zero attached hydrogens (tertiary/aromatic N) is 1. The molecule has 0 unspecified atom stereocenters. The molecule has 24 heavy (non-hydrogen) atoms. The zero-order valence-corrected chi connectivity index (χ0v) is 15.2. The number of benzene rings is 1. The van der Waals surface area contributed by atoms with E-state index in [0.29, 0.717) is 34.3 Å². The summed E-state index contributed by atoms with van der Waals surface area (Å²) in [5.41, 5.74) is 0.616. The van der Waals surface area contributed by atoms with Crippen LogP contribution >= 0.6 is 22.9 Å². The molecule has 1 aromatic carbocycles. The summed E-state index contributed by atoms with van der Waals surface area (Å²) in [4.78, 5) is 12.5. The molecule has 1 N–H and O–H groups in total. The van der Waals surface area contributed by atoms with Gasteiger partial charge in [0.2, 0.25) is 5.91 Å². The van der Waals surface area contributed by atoms with Crippen molar-refractivity contribution in [3.63, 3.8) is 0 Å². The molecular weight excluding hydrogens is 368 g/mol. The van der Waals surface area contributed by atoms with Crippen molar-refractivity contribution in [3.05, 3.63) is 46.8 Å². The van der Waals surface area contributed by atoms with Gasteiger partial charge >= 0.3 is 0 Å². The van der Waals surface area contributed by atoms with Crippen molar-refractivity contribution in [2.45, 2.75) is 17.1 Å². The molecule has 3 rings (SSSR count). The first kappa shape index (κ1) is 17.4. The molecular formula is C16H17ClN2O3S2. The normalized spacial score (nSPS) is 19.1. The van der Waals surface area contributed by atoms with Crippen LogP contribution < -0.4 is 5.32 Å². The van der Waals surface area contributed by atoms with E-state index in [4.69, 9.17) is 11.6 Å². The number of carbonyl (C=O) groups is 1. The van der Waals surface area contributed by atoms with Crippen LogP contribution in [-0.4, -0.2) is 31.7 Å². The van der Waals surface area contributed by atoms with Crippen LogP contribution in [0.5, 0.6) is 0 Å². The molecule has 8 heteroatoms. The number of rotatable bonds is 4. The zero-order valence-electron chi connectivity index (χ0n) is 12.8. The summed E-state index contributed by atoms with van der Waals surface area (Å²) >= 11 is 7.11. The third kappa shape index (κ3) is 3.80. The molecule has 1 fully saturated rings. The molecule has 1 amide bonds. The molecule has 0 bridgehead atoms. The van der Waals surface area contributed by atoms with Crippen LogP contribution in [0.1, 0.15) is 12.8 Å². The molecule has 128 valence electrons. The van der Waals surface area contributed by atoms with Crippen LogP contribution in [-0.2, 0) is 14.8 Å². The third-order valence-corrected chi connectivity index (χ3v) is 7.41. The molecule has 5 nitrogen and oxygen atoms in total. The molecule has 1 saturated heterocycles. The van der Waals surface area contributed by atoms with E-state index in [-0.39, 0.29) is 18.4 Å². The van der Waals surface area contributed by atoms with Crippen molar-refractivity contribution in [1.29, 1.82) is 0 Å². The highest BCUT2D eigenvalue weighted by Gasteiger charge is 2.33. The standard InChI is InChI=1S/C16H17ClN2O3S2/c17-13-5-1-6-14(10-13)18-16(20)12-4-2-8-19(11-12)24(21,22)15-7-3-9-23-15/h1,3,5-7,9-10,12H,2,4,8,11H2,(H,18,20)/t12-/m0/s1. The lowest BCUT2D eigenvalue weighted by Crippen LogP contribution is -2.43. The fraction of sp³-hybridized carbons (Fsp3) is 0.312. The van der Waals surface area contributed by atoms with Crippen molar-refractivity contribution >= 4 is 44.6 Å². The Hall–Kier alpha value is -1.41. The highest BCUT2D eigenvalue weighted by Crippen LogP contribution is 2.27. The Labute approximate surface area is 150 Å². The van der Waals surface area contributed by atoms with Gasteiger partial charge in [-0.1, -0.05) is 23.7 Å². The van der Waals surface area contributed by atoms with Crippen molar-refractivity contribution in [2.75, 3.05) is 18.4 Å². The van der Waals surface area contributed by atoms with E-state index in [9.17, 15) is 13.2 Å². The van der Waals surface area contributed by atoms with Crippen molar-refractivity contribution in [2.24, 2.45) is 5.92 Å². The van der Waals surface area contributed by atoms with Crippen molar-refractivity contribution in [3.8, 4) is 0 Å². The second-order valence-electron chi connectivity index (χ2n) is 5.63. The van der Waals surface area contributed by atoms with Gasteiger partial charge in [0.25, 0.3) is 10.0 Å². The minimum Gasteiger partial charge on any atom is -0.326 e. The predicted octanol–water partition coefficient (Wildman–Crippen LogP) is 3.44. The minimum atomic E-state index is -3.51. The van der Waals surface area contributed by atoms with Gasteiger partial charge in [0.15, 0.2) is 0 Å². The molecule has 0 saturated carbocycles. The van der Waals surface area contributed by atoms with E-state index in [1.807, 2.05) is 0 Å². The molecule has 2 aromatic rings. The first-order valence-corrected chi connectivity index (χ1v) is 10.3. The van der Waals surface area contributed by atoms with Crippen LogP contribution in [0.4, 0.5) is 5.69 Å². The average Bonchev–Trinajstić information content (AvgIpc) is 3.10. The van der Waals surface area contributed by atoms with Crippen LogP contribution in [0.15, 0.2) is 46.0 Å². The first-order valence-electron chi connectivity index (χ1n) is 7.57. The smallest absolute Gasteiger partial charge is 0.252 e. The monoisotopic (exact) mass is 384 g/mol. The highest BCUT2D eigenvalue weighted by molar-refractivity contribution is 7.91. The second kappa shape index (κ2) is 7.23. The summed E-state index contributed by atoms with van der Waals surface area (Å²) in [5, 5.41) is 5.09. The lowest BCUT2D eigenvalue weighted by atomic mass is 9.99. The molecule has 0 spiro atoms. The van der Waals surface area contributed by atoms with Crippen LogP contribution in [0.2, 0.25) is 5.02 Å². The Morgan fingerprint density at radius 2 is 2.12 bits per heavy atom. The molecule has 1 aromatic heterocycles. The van der Waals surface area contributed by atoms with E-state index in [1.165, 1.54) is 15.6 Å². The van der Waals surface area contributed by atoms with Crippen molar-refractivity contribution < 1.29 is 13.2 Å². The summed E-state index contributed by atoms with van der Waals surface area (Å²) in [6.45, 7) is 0.647. The molecule has 1 atom stereocenters. The van der Waals surface area contributed by atoms with Crippen LogP contribution in [0.3, 0.4) is 0 Å². The van der Waals surface area contributed by atoms with Gasteiger partial charge in [-0.3, -0.25) is 4.79 Å². The van der Waals surface area contributed by atoms with Gasteiger partial charge in [-0.25, -0.2) is 8.42 Å². The number of sulfonamides is 1. The van der Waals surface area contributed by atoms with E-state index in [0.717, 1.165) is 0 Å². The fourth-order valence-electron chi connectivity index (χ4n) is 2.72. The Morgan fingerprint density at radius 1 is 1.29 bits per heavy atom. The Bertz CT molecular complexity index is 822. The number of anilines is 1. The molecule has 1 aliphatic heterocycles. The number of carbonyl (C=O) groups excluding carboxylic acids is 1. The Kier molecular flexibility index (Phi) is 5.24. The van der Waals surface area contributed by atoms with Crippen LogP contribution in [0.25, 0.3) is 0 Å². The molecule has 0 radical (unpaired) electrons. The van der Waals surface area contributed by atoms with Gasteiger partial charge in [0.05, 0.1) is 5.92 Å². The van der Waals surface area contributed by atoms with Gasteiger partial charge in [-0.2, -0.15) is 4.31 Å². The topological polar surface area (TPSA) is 66.5 Å². The van der Waals surface area contributed by atoms with Gasteiger partial charge in [-0.05, 0) is 42.5 Å². The largest absolute Gasteiger partial charge is 0.326 e. The van der Waals surface area contributed by atoms with Gasteiger partial charge in [0, 0.05) is 23.8 Å². The predicted molar refractivity (Wildman–Crippen MR) is 95.9 cm³/mol. The first-order chi connectivity index (χ1) is 11.5. The summed E-state index contributed by atoms with van der Waals surface area (Å²) in [6, 6.07) is 10.2. The maximum Gasteiger partial charge on any atom is 0.252 e. The van der Waals surface area contributed by atoms with Crippen LogP contribution in [0, 0.1) is 5.92 Å². The lowest BCUT2D eigenvalue weighted by Gasteiger charge is -2.30. The number of nitrogens with one attached hydrogen (secondary N) is 1. The summed E-state index contributed by atoms with van der Waals surface area (Å²) < 4.78 is 26.9.